The summed E-state index contributed by atoms with van der Waals surface area (Å²) in [6.45, 7) is 6.17. The van der Waals surface area contributed by atoms with E-state index in [-0.39, 0.29) is 38.6 Å². The lowest BCUT2D eigenvalue weighted by Gasteiger charge is -2.41. The molecule has 0 saturated carbocycles. The van der Waals surface area contributed by atoms with E-state index in [4.69, 9.17) is 9.47 Å². The van der Waals surface area contributed by atoms with E-state index in [1.807, 2.05) is 30.3 Å². The van der Waals surface area contributed by atoms with Crippen molar-refractivity contribution >= 4 is 18.1 Å². The van der Waals surface area contributed by atoms with Gasteiger partial charge in [0.25, 0.3) is 0 Å². The van der Waals surface area contributed by atoms with Crippen LogP contribution in [0.15, 0.2) is 30.3 Å². The number of carbonyl (C=O) groups excluding carboxylic acids is 3. The molecule has 1 atom stereocenters. The van der Waals surface area contributed by atoms with Crippen molar-refractivity contribution < 1.29 is 29.0 Å². The molecular weight excluding hydrogens is 390 g/mol. The summed E-state index contributed by atoms with van der Waals surface area (Å²) in [4.78, 5) is 39.5. The zero-order valence-electron chi connectivity index (χ0n) is 17.8. The third-order valence-electron chi connectivity index (χ3n) is 4.49. The van der Waals surface area contributed by atoms with E-state index in [0.29, 0.717) is 13.1 Å². The quantitative estimate of drug-likeness (QED) is 0.724. The summed E-state index contributed by atoms with van der Waals surface area (Å²) >= 11 is 0. The van der Waals surface area contributed by atoms with Crippen molar-refractivity contribution in [2.45, 2.75) is 45.4 Å². The van der Waals surface area contributed by atoms with E-state index < -0.39 is 23.8 Å². The van der Waals surface area contributed by atoms with Crippen molar-refractivity contribution in [1.82, 2.24) is 15.1 Å². The molecule has 0 aliphatic carbocycles. The molecule has 1 saturated heterocycles. The van der Waals surface area contributed by atoms with E-state index in [2.05, 4.69) is 5.32 Å². The van der Waals surface area contributed by atoms with Gasteiger partial charge >= 0.3 is 12.2 Å². The van der Waals surface area contributed by atoms with Crippen molar-refractivity contribution in [3.63, 3.8) is 0 Å². The summed E-state index contributed by atoms with van der Waals surface area (Å²) < 4.78 is 10.5. The first-order chi connectivity index (χ1) is 14.2. The molecule has 1 aromatic carbocycles. The fourth-order valence-corrected chi connectivity index (χ4v) is 3.02. The molecule has 166 valence electrons. The standard InChI is InChI=1S/C21H31N3O6/c1-21(2,3)30-20(28)23-11-12-24(17(13-23)14-25)18(26)9-10-22-19(27)29-15-16-7-5-4-6-8-16/h4-8,17,25H,9-15H2,1-3H3,(H,22,27). The van der Waals surface area contributed by atoms with Crippen LogP contribution in [0.3, 0.4) is 0 Å². The van der Waals surface area contributed by atoms with Gasteiger partial charge in [-0.25, -0.2) is 9.59 Å². The zero-order valence-corrected chi connectivity index (χ0v) is 17.8. The van der Waals surface area contributed by atoms with Crippen LogP contribution in [0.2, 0.25) is 0 Å². The number of rotatable bonds is 6. The molecule has 0 aromatic heterocycles. The first kappa shape index (κ1) is 23.5. The molecule has 1 unspecified atom stereocenters. The Bertz CT molecular complexity index is 719. The van der Waals surface area contributed by atoms with Crippen LogP contribution < -0.4 is 5.32 Å². The van der Waals surface area contributed by atoms with Crippen molar-refractivity contribution in [3.8, 4) is 0 Å². The molecule has 30 heavy (non-hydrogen) atoms. The van der Waals surface area contributed by atoms with Gasteiger partial charge < -0.3 is 29.7 Å². The first-order valence-corrected chi connectivity index (χ1v) is 10.0. The van der Waals surface area contributed by atoms with Crippen LogP contribution in [0.4, 0.5) is 9.59 Å². The number of hydrogen-bond acceptors (Lipinski definition) is 6. The largest absolute Gasteiger partial charge is 0.445 e. The van der Waals surface area contributed by atoms with E-state index in [1.54, 1.807) is 20.8 Å². The fourth-order valence-electron chi connectivity index (χ4n) is 3.02. The van der Waals surface area contributed by atoms with Crippen LogP contribution in [0, 0.1) is 0 Å². The monoisotopic (exact) mass is 421 g/mol. The SMILES string of the molecule is CC(C)(C)OC(=O)N1CCN(C(=O)CCNC(=O)OCc2ccccc2)C(CO)C1. The van der Waals surface area contributed by atoms with Crippen LogP contribution in [-0.2, 0) is 20.9 Å². The molecule has 2 N–H and O–H groups in total. The normalized spacial score (nSPS) is 16.7. The van der Waals surface area contributed by atoms with E-state index in [0.717, 1.165) is 5.56 Å². The number of ether oxygens (including phenoxy) is 2. The van der Waals surface area contributed by atoms with Crippen molar-refractivity contribution in [3.05, 3.63) is 35.9 Å². The average molecular weight is 421 g/mol. The molecule has 0 bridgehead atoms. The Morgan fingerprint density at radius 3 is 2.50 bits per heavy atom. The van der Waals surface area contributed by atoms with E-state index >= 15 is 0 Å². The van der Waals surface area contributed by atoms with Crippen LogP contribution in [0.5, 0.6) is 0 Å². The highest BCUT2D eigenvalue weighted by atomic mass is 16.6. The van der Waals surface area contributed by atoms with Gasteiger partial charge in [0.15, 0.2) is 0 Å². The van der Waals surface area contributed by atoms with Gasteiger partial charge in [-0.1, -0.05) is 30.3 Å². The van der Waals surface area contributed by atoms with E-state index in [9.17, 15) is 19.5 Å². The summed E-state index contributed by atoms with van der Waals surface area (Å²) in [7, 11) is 0. The number of hydrogen-bond donors (Lipinski definition) is 2. The zero-order chi connectivity index (χ0) is 22.1. The number of carbonyl (C=O) groups is 3. The Balaban J connectivity index is 1.74. The molecule has 0 radical (unpaired) electrons. The number of nitrogens with zero attached hydrogens (tertiary/aromatic N) is 2. The second-order valence-corrected chi connectivity index (χ2v) is 8.09. The third-order valence-corrected chi connectivity index (χ3v) is 4.49. The fraction of sp³-hybridized carbons (Fsp3) is 0.571. The summed E-state index contributed by atoms with van der Waals surface area (Å²) in [5.74, 6) is -0.207. The topological polar surface area (TPSA) is 108 Å². The second-order valence-electron chi connectivity index (χ2n) is 8.09. The number of aliphatic hydroxyl groups is 1. The lowest BCUT2D eigenvalue weighted by molar-refractivity contribution is -0.137. The Morgan fingerprint density at radius 2 is 1.87 bits per heavy atom. The predicted octanol–water partition coefficient (Wildman–Crippen LogP) is 1.74. The molecule has 9 nitrogen and oxygen atoms in total. The highest BCUT2D eigenvalue weighted by Crippen LogP contribution is 2.15. The van der Waals surface area contributed by atoms with Gasteiger partial charge in [0.05, 0.1) is 12.6 Å². The maximum atomic E-state index is 12.5. The van der Waals surface area contributed by atoms with Crippen LogP contribution in [0.1, 0.15) is 32.8 Å². The minimum atomic E-state index is -0.612. The number of piperazine rings is 1. The van der Waals surface area contributed by atoms with Crippen molar-refractivity contribution in [1.29, 1.82) is 0 Å². The van der Waals surface area contributed by atoms with Gasteiger partial charge in [-0.15, -0.1) is 0 Å². The summed E-state index contributed by atoms with van der Waals surface area (Å²) in [5.41, 5.74) is 0.261. The molecule has 1 aliphatic rings. The maximum Gasteiger partial charge on any atom is 0.410 e. The number of benzene rings is 1. The summed E-state index contributed by atoms with van der Waals surface area (Å²) in [5, 5.41) is 12.2. The van der Waals surface area contributed by atoms with Gasteiger partial charge in [0.1, 0.15) is 12.2 Å². The molecular formula is C21H31N3O6. The molecule has 9 heteroatoms. The predicted molar refractivity (Wildman–Crippen MR) is 110 cm³/mol. The molecule has 1 fully saturated rings. The third kappa shape index (κ3) is 7.55. The number of aliphatic hydroxyl groups excluding tert-OH is 1. The van der Waals surface area contributed by atoms with Gasteiger partial charge in [-0.05, 0) is 26.3 Å². The van der Waals surface area contributed by atoms with Gasteiger partial charge in [0, 0.05) is 32.6 Å². The van der Waals surface area contributed by atoms with E-state index in [1.165, 1.54) is 9.80 Å². The smallest absolute Gasteiger partial charge is 0.410 e. The van der Waals surface area contributed by atoms with Gasteiger partial charge in [-0.3, -0.25) is 4.79 Å². The van der Waals surface area contributed by atoms with Gasteiger partial charge in [-0.2, -0.15) is 0 Å². The Morgan fingerprint density at radius 1 is 1.17 bits per heavy atom. The highest BCUT2D eigenvalue weighted by molar-refractivity contribution is 5.78. The van der Waals surface area contributed by atoms with Crippen molar-refractivity contribution in [2.24, 2.45) is 0 Å². The minimum Gasteiger partial charge on any atom is -0.445 e. The Labute approximate surface area is 176 Å². The number of nitrogens with one attached hydrogen (secondary N) is 1. The van der Waals surface area contributed by atoms with Crippen LogP contribution in [-0.4, -0.2) is 77.4 Å². The average Bonchev–Trinajstić information content (AvgIpc) is 2.71. The number of amides is 3. The first-order valence-electron chi connectivity index (χ1n) is 10.0. The molecule has 1 heterocycles. The second kappa shape index (κ2) is 10.8. The Kier molecular flexibility index (Phi) is 8.46. The number of alkyl carbamates (subject to hydrolysis) is 1. The van der Waals surface area contributed by atoms with Gasteiger partial charge in [0.2, 0.25) is 5.91 Å². The minimum absolute atomic E-state index is 0.0728. The summed E-state index contributed by atoms with van der Waals surface area (Å²) in [6, 6.07) is 8.78. The highest BCUT2D eigenvalue weighted by Gasteiger charge is 2.33. The van der Waals surface area contributed by atoms with Crippen LogP contribution in [0.25, 0.3) is 0 Å². The maximum absolute atomic E-state index is 12.5. The molecule has 1 aromatic rings. The molecule has 1 aliphatic heterocycles. The van der Waals surface area contributed by atoms with Crippen LogP contribution >= 0.6 is 0 Å². The lowest BCUT2D eigenvalue weighted by atomic mass is 10.1. The Hall–Kier alpha value is -2.81. The molecule has 2 rings (SSSR count). The molecule has 0 spiro atoms. The lowest BCUT2D eigenvalue weighted by Crippen LogP contribution is -2.58. The van der Waals surface area contributed by atoms with Crippen molar-refractivity contribution in [2.75, 3.05) is 32.8 Å². The molecule has 3 amide bonds. The summed E-state index contributed by atoms with van der Waals surface area (Å²) in [6.07, 6.45) is -0.986.